The topological polar surface area (TPSA) is 49.8 Å². The summed E-state index contributed by atoms with van der Waals surface area (Å²) in [7, 11) is 0. The number of hydrogen-bond donors (Lipinski definition) is 1. The summed E-state index contributed by atoms with van der Waals surface area (Å²) in [5, 5.41) is 9.06. The molecule has 0 aromatic heterocycles. The van der Waals surface area contributed by atoms with Gasteiger partial charge < -0.3 is 14.7 Å². The van der Waals surface area contributed by atoms with E-state index in [-0.39, 0.29) is 5.92 Å². The van der Waals surface area contributed by atoms with E-state index in [4.69, 9.17) is 9.84 Å². The third-order valence-corrected chi connectivity index (χ3v) is 5.21. The summed E-state index contributed by atoms with van der Waals surface area (Å²) in [5.74, 6) is 0.0934. The first-order valence-electron chi connectivity index (χ1n) is 9.91. The second-order valence-electron chi connectivity index (χ2n) is 7.31. The van der Waals surface area contributed by atoms with Crippen molar-refractivity contribution in [2.75, 3.05) is 26.2 Å². The molecule has 0 saturated carbocycles. The number of likely N-dealkylation sites (tertiary alicyclic amines) is 1. The smallest absolute Gasteiger partial charge is 0.307 e. The van der Waals surface area contributed by atoms with Gasteiger partial charge in [-0.15, -0.1) is 0 Å². The van der Waals surface area contributed by atoms with Gasteiger partial charge in [0.1, 0.15) is 5.75 Å². The molecule has 2 aromatic carbocycles. The van der Waals surface area contributed by atoms with Crippen LogP contribution in [0, 0.1) is 5.92 Å². The number of carboxylic acid groups (broad SMARTS) is 1. The van der Waals surface area contributed by atoms with E-state index in [2.05, 4.69) is 41.3 Å². The van der Waals surface area contributed by atoms with Gasteiger partial charge in [-0.25, -0.2) is 0 Å². The fourth-order valence-corrected chi connectivity index (χ4v) is 3.61. The number of carbonyl (C=O) groups is 1. The molecule has 1 saturated heterocycles. The van der Waals surface area contributed by atoms with Crippen LogP contribution in [0.4, 0.5) is 0 Å². The average molecular weight is 367 g/mol. The average Bonchev–Trinajstić information content (AvgIpc) is 3.17. The van der Waals surface area contributed by atoms with Crippen molar-refractivity contribution < 1.29 is 14.6 Å². The van der Waals surface area contributed by atoms with Gasteiger partial charge in [-0.2, -0.15) is 0 Å². The van der Waals surface area contributed by atoms with Crippen molar-refractivity contribution in [3.63, 3.8) is 0 Å². The van der Waals surface area contributed by atoms with Gasteiger partial charge in [-0.3, -0.25) is 4.79 Å². The molecule has 1 N–H and O–H groups in total. The molecular weight excluding hydrogens is 338 g/mol. The van der Waals surface area contributed by atoms with E-state index in [0.717, 1.165) is 57.6 Å². The van der Waals surface area contributed by atoms with Gasteiger partial charge in [0.15, 0.2) is 0 Å². The lowest BCUT2D eigenvalue weighted by atomic mass is 10.1. The number of ether oxygens (including phenoxy) is 1. The van der Waals surface area contributed by atoms with Crippen LogP contribution in [0.15, 0.2) is 54.6 Å². The van der Waals surface area contributed by atoms with Gasteiger partial charge in [0, 0.05) is 6.54 Å². The molecule has 1 aliphatic rings. The number of aliphatic carboxylic acids is 1. The maximum atomic E-state index is 11.0. The van der Waals surface area contributed by atoms with Gasteiger partial charge in [-0.1, -0.05) is 42.5 Å². The first-order chi connectivity index (χ1) is 13.2. The summed E-state index contributed by atoms with van der Waals surface area (Å²) in [5.41, 5.74) is 2.66. The van der Waals surface area contributed by atoms with Gasteiger partial charge in [0.25, 0.3) is 0 Å². The van der Waals surface area contributed by atoms with Gasteiger partial charge in [-0.05, 0) is 68.5 Å². The van der Waals surface area contributed by atoms with Crippen molar-refractivity contribution in [1.29, 1.82) is 0 Å². The van der Waals surface area contributed by atoms with E-state index in [0.29, 0.717) is 6.54 Å². The van der Waals surface area contributed by atoms with E-state index in [1.807, 2.05) is 18.2 Å². The summed E-state index contributed by atoms with van der Waals surface area (Å²) in [6, 6.07) is 18.9. The van der Waals surface area contributed by atoms with Crippen LogP contribution in [-0.2, 0) is 17.6 Å². The molecular formula is C23H29NO3. The summed E-state index contributed by atoms with van der Waals surface area (Å²) in [4.78, 5) is 13.3. The van der Waals surface area contributed by atoms with Crippen molar-refractivity contribution in [3.8, 4) is 5.75 Å². The zero-order valence-corrected chi connectivity index (χ0v) is 15.8. The Labute approximate surface area is 161 Å². The molecule has 0 bridgehead atoms. The van der Waals surface area contributed by atoms with E-state index < -0.39 is 5.97 Å². The lowest BCUT2D eigenvalue weighted by Crippen LogP contribution is -2.24. The SMILES string of the molecule is O=C(O)C1CCN(CCCc2ccc(OCCCc3ccccc3)cc2)C1. The number of carboxylic acids is 1. The maximum Gasteiger partial charge on any atom is 0.307 e. The van der Waals surface area contributed by atoms with Crippen LogP contribution in [0.1, 0.15) is 30.4 Å². The minimum Gasteiger partial charge on any atom is -0.494 e. The predicted molar refractivity (Wildman–Crippen MR) is 107 cm³/mol. The van der Waals surface area contributed by atoms with E-state index in [9.17, 15) is 4.79 Å². The quantitative estimate of drug-likeness (QED) is 0.644. The highest BCUT2D eigenvalue weighted by atomic mass is 16.5. The number of nitrogens with zero attached hydrogens (tertiary/aromatic N) is 1. The van der Waals surface area contributed by atoms with Gasteiger partial charge in [0.05, 0.1) is 12.5 Å². The van der Waals surface area contributed by atoms with Crippen LogP contribution in [0.2, 0.25) is 0 Å². The number of rotatable bonds is 10. The molecule has 1 atom stereocenters. The molecule has 1 fully saturated rings. The summed E-state index contributed by atoms with van der Waals surface area (Å²) < 4.78 is 5.84. The molecule has 4 nitrogen and oxygen atoms in total. The van der Waals surface area contributed by atoms with Crippen LogP contribution >= 0.6 is 0 Å². The molecule has 2 aromatic rings. The molecule has 144 valence electrons. The second-order valence-corrected chi connectivity index (χ2v) is 7.31. The third kappa shape index (κ3) is 6.40. The molecule has 1 aliphatic heterocycles. The number of hydrogen-bond acceptors (Lipinski definition) is 3. The molecule has 1 unspecified atom stereocenters. The Bertz CT molecular complexity index is 699. The maximum absolute atomic E-state index is 11.0. The highest BCUT2D eigenvalue weighted by Crippen LogP contribution is 2.18. The molecule has 27 heavy (non-hydrogen) atoms. The van der Waals surface area contributed by atoms with Gasteiger partial charge in [0.2, 0.25) is 0 Å². The molecule has 0 spiro atoms. The Balaban J connectivity index is 1.31. The Morgan fingerprint density at radius 3 is 2.41 bits per heavy atom. The predicted octanol–water partition coefficient (Wildman–Crippen LogP) is 4.04. The highest BCUT2D eigenvalue weighted by molar-refractivity contribution is 5.70. The molecule has 0 aliphatic carbocycles. The van der Waals surface area contributed by atoms with E-state index >= 15 is 0 Å². The van der Waals surface area contributed by atoms with Crippen LogP contribution in [-0.4, -0.2) is 42.2 Å². The van der Waals surface area contributed by atoms with Gasteiger partial charge >= 0.3 is 5.97 Å². The summed E-state index contributed by atoms with van der Waals surface area (Å²) in [6.45, 7) is 3.31. The lowest BCUT2D eigenvalue weighted by Gasteiger charge is -2.14. The number of aryl methyl sites for hydroxylation is 2. The summed E-state index contributed by atoms with van der Waals surface area (Å²) in [6.07, 6.45) is 4.91. The Morgan fingerprint density at radius 2 is 1.70 bits per heavy atom. The van der Waals surface area contributed by atoms with Crippen LogP contribution in [0.25, 0.3) is 0 Å². The first-order valence-corrected chi connectivity index (χ1v) is 9.91. The van der Waals surface area contributed by atoms with Crippen LogP contribution in [0.5, 0.6) is 5.75 Å². The fraction of sp³-hybridized carbons (Fsp3) is 0.435. The lowest BCUT2D eigenvalue weighted by molar-refractivity contribution is -0.141. The molecule has 3 rings (SSSR count). The van der Waals surface area contributed by atoms with Crippen LogP contribution in [0.3, 0.4) is 0 Å². The minimum absolute atomic E-state index is 0.177. The minimum atomic E-state index is -0.656. The first kappa shape index (κ1) is 19.4. The van der Waals surface area contributed by atoms with E-state index in [1.165, 1.54) is 11.1 Å². The Morgan fingerprint density at radius 1 is 1.00 bits per heavy atom. The Kier molecular flexibility index (Phi) is 7.28. The largest absolute Gasteiger partial charge is 0.494 e. The highest BCUT2D eigenvalue weighted by Gasteiger charge is 2.27. The summed E-state index contributed by atoms with van der Waals surface area (Å²) >= 11 is 0. The third-order valence-electron chi connectivity index (χ3n) is 5.21. The van der Waals surface area contributed by atoms with Crippen molar-refractivity contribution in [2.24, 2.45) is 5.92 Å². The van der Waals surface area contributed by atoms with E-state index in [1.54, 1.807) is 0 Å². The standard InChI is InChI=1S/C23H29NO3/c25-23(26)21-14-16-24(18-21)15-4-8-20-10-12-22(13-11-20)27-17-5-9-19-6-2-1-3-7-19/h1-3,6-7,10-13,21H,4-5,8-9,14-18H2,(H,25,26). The molecule has 0 amide bonds. The Hall–Kier alpha value is -2.33. The monoisotopic (exact) mass is 367 g/mol. The normalized spacial score (nSPS) is 17.1. The van der Waals surface area contributed by atoms with Crippen molar-refractivity contribution in [3.05, 3.63) is 65.7 Å². The fourth-order valence-electron chi connectivity index (χ4n) is 3.61. The zero-order valence-electron chi connectivity index (χ0n) is 15.8. The zero-order chi connectivity index (χ0) is 18.9. The molecule has 4 heteroatoms. The number of benzene rings is 2. The molecule has 1 heterocycles. The second kappa shape index (κ2) is 10.1. The molecule has 0 radical (unpaired) electrons. The van der Waals surface area contributed by atoms with Crippen molar-refractivity contribution in [2.45, 2.75) is 32.1 Å². The van der Waals surface area contributed by atoms with Crippen LogP contribution < -0.4 is 4.74 Å². The van der Waals surface area contributed by atoms with Crippen molar-refractivity contribution >= 4 is 5.97 Å². The van der Waals surface area contributed by atoms with Crippen molar-refractivity contribution in [1.82, 2.24) is 4.90 Å².